The van der Waals surface area contributed by atoms with Crippen LogP contribution in [0.3, 0.4) is 0 Å². The Morgan fingerprint density at radius 2 is 1.96 bits per heavy atom. The monoisotopic (exact) mass is 370 g/mol. The zero-order valence-electron chi connectivity index (χ0n) is 13.3. The zero-order valence-corrected chi connectivity index (χ0v) is 14.9. The van der Waals surface area contributed by atoms with E-state index in [9.17, 15) is 13.2 Å². The molecular formula is C16H19ClN2O4S. The molecule has 1 N–H and O–H groups in total. The van der Waals surface area contributed by atoms with Crippen LogP contribution in [0.4, 0.5) is 0 Å². The number of rotatable bonds is 4. The number of hydrogen-bond acceptors (Lipinski definition) is 4. The number of aryl methyl sites for hydroxylation is 1. The molecule has 2 aliphatic carbocycles. The lowest BCUT2D eigenvalue weighted by Crippen LogP contribution is -2.28. The van der Waals surface area contributed by atoms with E-state index in [1.807, 2.05) is 6.92 Å². The molecule has 8 heteroatoms. The van der Waals surface area contributed by atoms with Crippen molar-refractivity contribution in [2.24, 2.45) is 11.8 Å². The first-order valence-electron chi connectivity index (χ1n) is 8.27. The van der Waals surface area contributed by atoms with E-state index in [2.05, 4.69) is 4.72 Å². The number of sulfonamides is 1. The highest BCUT2D eigenvalue weighted by atomic mass is 35.5. The van der Waals surface area contributed by atoms with Crippen LogP contribution in [0.2, 0.25) is 5.02 Å². The lowest BCUT2D eigenvalue weighted by Gasteiger charge is -2.08. The minimum atomic E-state index is -3.74. The van der Waals surface area contributed by atoms with E-state index in [1.165, 1.54) is 29.5 Å². The van der Waals surface area contributed by atoms with E-state index in [0.29, 0.717) is 23.9 Å². The minimum absolute atomic E-state index is 0.0107. The Morgan fingerprint density at radius 1 is 1.29 bits per heavy atom. The second-order valence-electron chi connectivity index (χ2n) is 6.62. The van der Waals surface area contributed by atoms with Gasteiger partial charge in [0.1, 0.15) is 4.90 Å². The van der Waals surface area contributed by atoms with Gasteiger partial charge in [0, 0.05) is 18.7 Å². The highest BCUT2D eigenvalue weighted by molar-refractivity contribution is 7.89. The van der Waals surface area contributed by atoms with Crippen molar-refractivity contribution in [2.45, 2.75) is 50.1 Å². The Hall–Kier alpha value is -1.31. The molecule has 2 aromatic rings. The third-order valence-electron chi connectivity index (χ3n) is 5.28. The predicted octanol–water partition coefficient (Wildman–Crippen LogP) is 2.73. The maximum atomic E-state index is 12.7. The molecule has 6 nitrogen and oxygen atoms in total. The SMILES string of the molecule is CCn1c(=O)oc2cc(S(=O)(=O)NC3[C@H]4CCCC[C@@H]34)c(Cl)cc21. The lowest BCUT2D eigenvalue weighted by molar-refractivity contribution is 0.480. The molecule has 1 unspecified atom stereocenters. The Bertz CT molecular complexity index is 950. The summed E-state index contributed by atoms with van der Waals surface area (Å²) in [5.74, 6) is 0.393. The van der Waals surface area contributed by atoms with Gasteiger partial charge in [0.2, 0.25) is 10.0 Å². The summed E-state index contributed by atoms with van der Waals surface area (Å²) < 4.78 is 34.8. The van der Waals surface area contributed by atoms with Crippen LogP contribution < -0.4 is 10.5 Å². The third kappa shape index (κ3) is 2.50. The first kappa shape index (κ1) is 16.2. The number of hydrogen-bond donors (Lipinski definition) is 1. The predicted molar refractivity (Wildman–Crippen MR) is 90.7 cm³/mol. The zero-order chi connectivity index (χ0) is 17.1. The molecule has 1 heterocycles. The second-order valence-corrected chi connectivity index (χ2v) is 8.71. The quantitative estimate of drug-likeness (QED) is 0.897. The normalized spacial score (nSPS) is 26.5. The van der Waals surface area contributed by atoms with E-state index in [-0.39, 0.29) is 21.5 Å². The first-order chi connectivity index (χ1) is 11.4. The molecule has 4 rings (SSSR count). The fourth-order valence-electron chi connectivity index (χ4n) is 3.98. The molecular weight excluding hydrogens is 352 g/mol. The lowest BCUT2D eigenvalue weighted by atomic mass is 10.0. The fraction of sp³-hybridized carbons (Fsp3) is 0.562. The van der Waals surface area contributed by atoms with Gasteiger partial charge in [-0.2, -0.15) is 0 Å². The van der Waals surface area contributed by atoms with Gasteiger partial charge < -0.3 is 4.42 Å². The number of oxazole rings is 1. The van der Waals surface area contributed by atoms with Gasteiger partial charge in [0.25, 0.3) is 0 Å². The van der Waals surface area contributed by atoms with Crippen molar-refractivity contribution in [1.29, 1.82) is 0 Å². The Labute approximate surface area is 144 Å². The van der Waals surface area contributed by atoms with Crippen molar-refractivity contribution in [2.75, 3.05) is 0 Å². The van der Waals surface area contributed by atoms with Crippen LogP contribution in [0.5, 0.6) is 0 Å². The molecule has 0 saturated heterocycles. The van der Waals surface area contributed by atoms with Crippen LogP contribution in [0.1, 0.15) is 32.6 Å². The first-order valence-corrected chi connectivity index (χ1v) is 10.1. The van der Waals surface area contributed by atoms with Crippen molar-refractivity contribution < 1.29 is 12.8 Å². The van der Waals surface area contributed by atoms with Gasteiger partial charge in [-0.25, -0.2) is 17.9 Å². The van der Waals surface area contributed by atoms with Crippen molar-refractivity contribution >= 4 is 32.7 Å². The number of benzene rings is 1. The number of aromatic nitrogens is 1. The molecule has 1 aromatic heterocycles. The molecule has 2 aliphatic rings. The summed E-state index contributed by atoms with van der Waals surface area (Å²) in [5.41, 5.74) is 0.742. The largest absolute Gasteiger partial charge is 0.419 e. The third-order valence-corrected chi connectivity index (χ3v) is 7.20. The number of nitrogens with zero attached hydrogens (tertiary/aromatic N) is 1. The average molecular weight is 371 g/mol. The van der Waals surface area contributed by atoms with Crippen LogP contribution >= 0.6 is 11.6 Å². The van der Waals surface area contributed by atoms with Crippen molar-refractivity contribution in [3.63, 3.8) is 0 Å². The van der Waals surface area contributed by atoms with Crippen LogP contribution in [0.15, 0.2) is 26.2 Å². The number of nitrogens with one attached hydrogen (secondary N) is 1. The van der Waals surface area contributed by atoms with E-state index in [1.54, 1.807) is 0 Å². The molecule has 130 valence electrons. The summed E-state index contributed by atoms with van der Waals surface area (Å²) in [6.07, 6.45) is 4.50. The molecule has 2 fully saturated rings. The van der Waals surface area contributed by atoms with Gasteiger partial charge in [-0.15, -0.1) is 0 Å². The minimum Gasteiger partial charge on any atom is -0.408 e. The molecule has 0 radical (unpaired) electrons. The van der Waals surface area contributed by atoms with Crippen LogP contribution in [0, 0.1) is 11.8 Å². The Balaban J connectivity index is 1.70. The maximum Gasteiger partial charge on any atom is 0.419 e. The molecule has 0 spiro atoms. The Morgan fingerprint density at radius 3 is 2.58 bits per heavy atom. The molecule has 0 bridgehead atoms. The average Bonchev–Trinajstić information content (AvgIpc) is 3.12. The number of fused-ring (bicyclic) bond motifs is 2. The van der Waals surface area contributed by atoms with Gasteiger partial charge in [-0.1, -0.05) is 24.4 Å². The van der Waals surface area contributed by atoms with E-state index in [4.69, 9.17) is 16.0 Å². The summed E-state index contributed by atoms with van der Waals surface area (Å²) >= 11 is 6.21. The summed E-state index contributed by atoms with van der Waals surface area (Å²) in [5, 5.41) is 0.0987. The van der Waals surface area contributed by atoms with Gasteiger partial charge >= 0.3 is 5.76 Å². The van der Waals surface area contributed by atoms with E-state index >= 15 is 0 Å². The summed E-state index contributed by atoms with van der Waals surface area (Å²) in [7, 11) is -3.74. The molecule has 0 aliphatic heterocycles. The fourth-order valence-corrected chi connectivity index (χ4v) is 5.85. The molecule has 24 heavy (non-hydrogen) atoms. The number of halogens is 1. The van der Waals surface area contributed by atoms with Crippen LogP contribution in [-0.4, -0.2) is 19.0 Å². The summed E-state index contributed by atoms with van der Waals surface area (Å²) in [6, 6.07) is 2.84. The van der Waals surface area contributed by atoms with E-state index < -0.39 is 15.8 Å². The van der Waals surface area contributed by atoms with Gasteiger partial charge in [-0.3, -0.25) is 4.57 Å². The van der Waals surface area contributed by atoms with Crippen molar-refractivity contribution in [3.8, 4) is 0 Å². The highest BCUT2D eigenvalue weighted by Crippen LogP contribution is 2.50. The topological polar surface area (TPSA) is 81.3 Å². The van der Waals surface area contributed by atoms with Crippen LogP contribution in [-0.2, 0) is 16.6 Å². The molecule has 3 atom stereocenters. The molecule has 0 amide bonds. The Kier molecular flexibility index (Phi) is 3.78. The molecule has 1 aromatic carbocycles. The molecule has 2 saturated carbocycles. The summed E-state index contributed by atoms with van der Waals surface area (Å²) in [4.78, 5) is 11.8. The van der Waals surface area contributed by atoms with E-state index in [0.717, 1.165) is 12.8 Å². The second kappa shape index (κ2) is 5.61. The highest BCUT2D eigenvalue weighted by Gasteiger charge is 2.52. The smallest absolute Gasteiger partial charge is 0.408 e. The van der Waals surface area contributed by atoms with Gasteiger partial charge in [0.05, 0.1) is 10.5 Å². The summed E-state index contributed by atoms with van der Waals surface area (Å²) in [6.45, 7) is 2.24. The van der Waals surface area contributed by atoms with Crippen molar-refractivity contribution in [3.05, 3.63) is 27.7 Å². The standard InChI is InChI=1S/C16H19ClN2O4S/c1-2-19-12-7-11(17)14(8-13(12)23-16(19)20)24(21,22)18-15-9-5-3-4-6-10(9)15/h7-10,15,18H,2-6H2,1H3/t9-,10+,15?. The van der Waals surface area contributed by atoms with Gasteiger partial charge in [-0.05, 0) is 37.7 Å². The van der Waals surface area contributed by atoms with Crippen LogP contribution in [0.25, 0.3) is 11.1 Å². The van der Waals surface area contributed by atoms with Crippen molar-refractivity contribution in [1.82, 2.24) is 9.29 Å². The van der Waals surface area contributed by atoms with Gasteiger partial charge in [0.15, 0.2) is 5.58 Å². The maximum absolute atomic E-state index is 12.7.